The maximum atomic E-state index is 12.7. The van der Waals surface area contributed by atoms with Crippen LogP contribution in [0.4, 0.5) is 4.79 Å². The number of rotatable bonds is 4. The Bertz CT molecular complexity index is 798. The summed E-state index contributed by atoms with van der Waals surface area (Å²) in [5, 5.41) is 6.14. The summed E-state index contributed by atoms with van der Waals surface area (Å²) in [6.07, 6.45) is 1.31. The molecule has 2 aliphatic rings. The molecule has 2 aromatic rings. The molecule has 2 N–H and O–H groups in total. The predicted octanol–water partition coefficient (Wildman–Crippen LogP) is 3.35. The molecule has 6 heteroatoms. The topological polar surface area (TPSA) is 68.8 Å². The van der Waals surface area contributed by atoms with E-state index >= 15 is 0 Å². The SMILES string of the molecule is CO[C@@H]1CCOC[C@H]1NC(=O)N[C@@H]1C[C@@H](c2ccccc2)Oc2ccccc21. The van der Waals surface area contributed by atoms with Crippen molar-refractivity contribution in [2.24, 2.45) is 0 Å². The standard InChI is InChI=1S/C22H26N2O4/c1-26-20-11-12-27-14-18(20)24-22(25)23-17-13-21(15-7-3-2-4-8-15)28-19-10-6-5-9-16(17)19/h2-10,17-18,20-21H,11-14H2,1H3,(H2,23,24,25)/t17-,18-,20-,21+/m1/s1. The van der Waals surface area contributed by atoms with E-state index in [4.69, 9.17) is 14.2 Å². The number of para-hydroxylation sites is 1. The first-order valence-electron chi connectivity index (χ1n) is 9.72. The molecule has 2 amide bonds. The number of urea groups is 1. The zero-order chi connectivity index (χ0) is 19.3. The highest BCUT2D eigenvalue weighted by Gasteiger charge is 2.32. The van der Waals surface area contributed by atoms with Crippen molar-refractivity contribution in [3.05, 3.63) is 65.7 Å². The second-order valence-corrected chi connectivity index (χ2v) is 7.21. The Morgan fingerprint density at radius 1 is 1.07 bits per heavy atom. The lowest BCUT2D eigenvalue weighted by molar-refractivity contribution is -0.0336. The minimum atomic E-state index is -0.217. The van der Waals surface area contributed by atoms with Crippen LogP contribution >= 0.6 is 0 Å². The van der Waals surface area contributed by atoms with Gasteiger partial charge in [-0.05, 0) is 18.1 Å². The molecule has 148 valence electrons. The van der Waals surface area contributed by atoms with Crippen molar-refractivity contribution < 1.29 is 19.0 Å². The normalized spacial score (nSPS) is 26.6. The molecule has 1 fully saturated rings. The number of amides is 2. The van der Waals surface area contributed by atoms with E-state index < -0.39 is 0 Å². The van der Waals surface area contributed by atoms with Crippen molar-refractivity contribution >= 4 is 6.03 Å². The zero-order valence-corrected chi connectivity index (χ0v) is 16.0. The fraction of sp³-hybridized carbons (Fsp3) is 0.409. The third-order valence-electron chi connectivity index (χ3n) is 5.40. The molecule has 0 aromatic heterocycles. The Morgan fingerprint density at radius 2 is 1.86 bits per heavy atom. The number of hydrogen-bond acceptors (Lipinski definition) is 4. The second kappa shape index (κ2) is 8.63. The smallest absolute Gasteiger partial charge is 0.315 e. The number of carbonyl (C=O) groups is 1. The Balaban J connectivity index is 1.48. The quantitative estimate of drug-likeness (QED) is 0.851. The van der Waals surface area contributed by atoms with Crippen LogP contribution in [-0.2, 0) is 9.47 Å². The first-order valence-corrected chi connectivity index (χ1v) is 9.72. The zero-order valence-electron chi connectivity index (χ0n) is 16.0. The van der Waals surface area contributed by atoms with Crippen LogP contribution in [0.1, 0.15) is 36.1 Å². The lowest BCUT2D eigenvalue weighted by atomic mass is 9.93. The molecule has 4 rings (SSSR count). The van der Waals surface area contributed by atoms with Gasteiger partial charge in [0.15, 0.2) is 0 Å². The first-order chi connectivity index (χ1) is 13.7. The molecule has 6 nitrogen and oxygen atoms in total. The maximum Gasteiger partial charge on any atom is 0.315 e. The molecule has 0 saturated carbocycles. The number of fused-ring (bicyclic) bond motifs is 1. The molecule has 0 aliphatic carbocycles. The van der Waals surface area contributed by atoms with Gasteiger partial charge in [-0.25, -0.2) is 4.79 Å². The summed E-state index contributed by atoms with van der Waals surface area (Å²) in [4.78, 5) is 12.7. The lowest BCUT2D eigenvalue weighted by Crippen LogP contribution is -2.53. The Hall–Kier alpha value is -2.57. The van der Waals surface area contributed by atoms with Gasteiger partial charge in [0, 0.05) is 25.7 Å². The van der Waals surface area contributed by atoms with Gasteiger partial charge in [-0.2, -0.15) is 0 Å². The molecule has 0 spiro atoms. The van der Waals surface area contributed by atoms with Gasteiger partial charge in [0.05, 0.1) is 24.8 Å². The van der Waals surface area contributed by atoms with E-state index in [1.165, 1.54) is 0 Å². The highest BCUT2D eigenvalue weighted by atomic mass is 16.5. The van der Waals surface area contributed by atoms with Gasteiger partial charge in [0.25, 0.3) is 0 Å². The highest BCUT2D eigenvalue weighted by molar-refractivity contribution is 5.75. The van der Waals surface area contributed by atoms with E-state index in [2.05, 4.69) is 22.8 Å². The Kier molecular flexibility index (Phi) is 5.78. The van der Waals surface area contributed by atoms with Gasteiger partial charge in [-0.1, -0.05) is 48.5 Å². The molecular weight excluding hydrogens is 356 g/mol. The summed E-state index contributed by atoms with van der Waals surface area (Å²) in [5.74, 6) is 0.809. The molecule has 4 atom stereocenters. The molecule has 2 aliphatic heterocycles. The van der Waals surface area contributed by atoms with Crippen molar-refractivity contribution in [3.8, 4) is 5.75 Å². The van der Waals surface area contributed by atoms with Gasteiger partial charge in [0.2, 0.25) is 0 Å². The predicted molar refractivity (Wildman–Crippen MR) is 105 cm³/mol. The van der Waals surface area contributed by atoms with Crippen molar-refractivity contribution in [2.75, 3.05) is 20.3 Å². The molecular formula is C22H26N2O4. The monoisotopic (exact) mass is 382 g/mol. The van der Waals surface area contributed by atoms with Gasteiger partial charge in [0.1, 0.15) is 11.9 Å². The van der Waals surface area contributed by atoms with Crippen LogP contribution in [0.25, 0.3) is 0 Å². The highest BCUT2D eigenvalue weighted by Crippen LogP contribution is 2.40. The fourth-order valence-electron chi connectivity index (χ4n) is 3.93. The number of nitrogens with one attached hydrogen (secondary N) is 2. The molecule has 1 saturated heterocycles. The Labute approximate surface area is 165 Å². The number of carbonyl (C=O) groups excluding carboxylic acids is 1. The third kappa shape index (κ3) is 4.13. The lowest BCUT2D eigenvalue weighted by Gasteiger charge is -2.34. The molecule has 2 heterocycles. The second-order valence-electron chi connectivity index (χ2n) is 7.21. The minimum absolute atomic E-state index is 0.0291. The minimum Gasteiger partial charge on any atom is -0.485 e. The van der Waals surface area contributed by atoms with E-state index in [9.17, 15) is 4.79 Å². The number of methoxy groups -OCH3 is 1. The van der Waals surface area contributed by atoms with E-state index in [1.54, 1.807) is 7.11 Å². The van der Waals surface area contributed by atoms with Crippen molar-refractivity contribution in [2.45, 2.75) is 37.1 Å². The number of ether oxygens (including phenoxy) is 3. The van der Waals surface area contributed by atoms with Crippen LogP contribution in [0.2, 0.25) is 0 Å². The fourth-order valence-corrected chi connectivity index (χ4v) is 3.93. The Morgan fingerprint density at radius 3 is 2.68 bits per heavy atom. The van der Waals surface area contributed by atoms with E-state index in [0.717, 1.165) is 23.3 Å². The summed E-state index contributed by atoms with van der Waals surface area (Å²) < 4.78 is 17.2. The van der Waals surface area contributed by atoms with E-state index in [0.29, 0.717) is 19.6 Å². The first kappa shape index (κ1) is 18.8. The number of benzene rings is 2. The molecule has 0 bridgehead atoms. The van der Waals surface area contributed by atoms with Crippen molar-refractivity contribution in [1.82, 2.24) is 10.6 Å². The van der Waals surface area contributed by atoms with Gasteiger partial charge < -0.3 is 24.8 Å². The van der Waals surface area contributed by atoms with Gasteiger partial charge in [-0.15, -0.1) is 0 Å². The molecule has 0 unspecified atom stereocenters. The van der Waals surface area contributed by atoms with Crippen LogP contribution in [-0.4, -0.2) is 38.5 Å². The number of hydrogen-bond donors (Lipinski definition) is 2. The van der Waals surface area contributed by atoms with Crippen molar-refractivity contribution in [3.63, 3.8) is 0 Å². The molecule has 28 heavy (non-hydrogen) atoms. The summed E-state index contributed by atoms with van der Waals surface area (Å²) in [6, 6.07) is 17.5. The van der Waals surface area contributed by atoms with Crippen LogP contribution in [0.3, 0.4) is 0 Å². The van der Waals surface area contributed by atoms with Crippen molar-refractivity contribution in [1.29, 1.82) is 0 Å². The van der Waals surface area contributed by atoms with Crippen LogP contribution in [0.5, 0.6) is 5.75 Å². The van der Waals surface area contributed by atoms with E-state index in [-0.39, 0.29) is 30.3 Å². The summed E-state index contributed by atoms with van der Waals surface area (Å²) in [7, 11) is 1.67. The molecule has 0 radical (unpaired) electrons. The average Bonchev–Trinajstić information content (AvgIpc) is 2.74. The van der Waals surface area contributed by atoms with Crippen LogP contribution in [0.15, 0.2) is 54.6 Å². The average molecular weight is 382 g/mol. The third-order valence-corrected chi connectivity index (χ3v) is 5.40. The van der Waals surface area contributed by atoms with Gasteiger partial charge in [-0.3, -0.25) is 0 Å². The molecule has 2 aromatic carbocycles. The maximum absolute atomic E-state index is 12.7. The van der Waals surface area contributed by atoms with Crippen LogP contribution in [0, 0.1) is 0 Å². The summed E-state index contributed by atoms with van der Waals surface area (Å²) in [6.45, 7) is 1.12. The largest absolute Gasteiger partial charge is 0.485 e. The summed E-state index contributed by atoms with van der Waals surface area (Å²) >= 11 is 0. The van der Waals surface area contributed by atoms with Crippen LogP contribution < -0.4 is 15.4 Å². The van der Waals surface area contributed by atoms with E-state index in [1.807, 2.05) is 42.5 Å². The van der Waals surface area contributed by atoms with Gasteiger partial charge >= 0.3 is 6.03 Å². The summed E-state index contributed by atoms with van der Waals surface area (Å²) in [5.41, 5.74) is 2.09.